The zero-order valence-corrected chi connectivity index (χ0v) is 11.5. The lowest BCUT2D eigenvalue weighted by atomic mass is 10.0. The Morgan fingerprint density at radius 2 is 2.05 bits per heavy atom. The number of halogens is 4. The molecule has 1 aliphatic heterocycles. The van der Waals surface area contributed by atoms with Crippen molar-refractivity contribution in [2.24, 2.45) is 0 Å². The maximum Gasteiger partial charge on any atom is 0.407 e. The number of ether oxygens (including phenoxy) is 1. The monoisotopic (exact) mass is 326 g/mol. The van der Waals surface area contributed by atoms with E-state index in [2.05, 4.69) is 4.98 Å². The van der Waals surface area contributed by atoms with Gasteiger partial charge in [-0.15, -0.1) is 0 Å². The van der Waals surface area contributed by atoms with Gasteiger partial charge in [0.15, 0.2) is 0 Å². The van der Waals surface area contributed by atoms with Crippen LogP contribution in [0, 0.1) is 0 Å². The highest BCUT2D eigenvalue weighted by atomic mass is 35.5. The van der Waals surface area contributed by atoms with Gasteiger partial charge in [0.2, 0.25) is 0 Å². The number of rotatable bonds is 2. The molecule has 2 heterocycles. The first-order chi connectivity index (χ1) is 9.30. The maximum atomic E-state index is 14.3. The van der Waals surface area contributed by atoms with Gasteiger partial charge in [0.25, 0.3) is 0 Å². The molecule has 0 bridgehead atoms. The van der Waals surface area contributed by atoms with Crippen molar-refractivity contribution in [2.45, 2.75) is 12.0 Å². The molecule has 1 N–H and O–H groups in total. The molecule has 1 aliphatic rings. The first-order valence-electron chi connectivity index (χ1n) is 5.61. The van der Waals surface area contributed by atoms with Crippen molar-refractivity contribution in [1.82, 2.24) is 9.88 Å². The van der Waals surface area contributed by atoms with Crippen molar-refractivity contribution in [3.8, 4) is 0 Å². The van der Waals surface area contributed by atoms with Crippen molar-refractivity contribution in [3.63, 3.8) is 0 Å². The van der Waals surface area contributed by atoms with E-state index in [1.54, 1.807) is 0 Å². The number of aromatic nitrogens is 1. The molecule has 1 amide bonds. The van der Waals surface area contributed by atoms with Crippen molar-refractivity contribution < 1.29 is 23.4 Å². The molecule has 2 rings (SSSR count). The van der Waals surface area contributed by atoms with Crippen LogP contribution in [0.25, 0.3) is 0 Å². The number of carboxylic acid groups (broad SMARTS) is 1. The average molecular weight is 327 g/mol. The molecule has 0 saturated carbocycles. The van der Waals surface area contributed by atoms with Crippen LogP contribution in [0.4, 0.5) is 13.6 Å². The zero-order chi connectivity index (χ0) is 14.9. The molecule has 9 heteroatoms. The van der Waals surface area contributed by atoms with E-state index in [9.17, 15) is 13.6 Å². The van der Waals surface area contributed by atoms with Crippen LogP contribution in [0.3, 0.4) is 0 Å². The number of hydrogen-bond acceptors (Lipinski definition) is 3. The van der Waals surface area contributed by atoms with Gasteiger partial charge in [0.1, 0.15) is 16.4 Å². The highest BCUT2D eigenvalue weighted by molar-refractivity contribution is 6.32. The highest BCUT2D eigenvalue weighted by Crippen LogP contribution is 2.36. The predicted octanol–water partition coefficient (Wildman–Crippen LogP) is 2.86. The Hall–Kier alpha value is -1.18. The van der Waals surface area contributed by atoms with Crippen LogP contribution in [0.2, 0.25) is 10.3 Å². The molecule has 1 aromatic rings. The minimum absolute atomic E-state index is 0.0553. The van der Waals surface area contributed by atoms with Gasteiger partial charge in [-0.2, -0.15) is 8.78 Å². The van der Waals surface area contributed by atoms with Crippen LogP contribution in [0.1, 0.15) is 5.56 Å². The topological polar surface area (TPSA) is 62.7 Å². The summed E-state index contributed by atoms with van der Waals surface area (Å²) < 4.78 is 33.7. The summed E-state index contributed by atoms with van der Waals surface area (Å²) in [4.78, 5) is 15.3. The smallest absolute Gasteiger partial charge is 0.407 e. The third kappa shape index (κ3) is 3.11. The summed E-state index contributed by atoms with van der Waals surface area (Å²) in [5, 5.41) is 8.52. The van der Waals surface area contributed by atoms with E-state index in [0.29, 0.717) is 0 Å². The van der Waals surface area contributed by atoms with E-state index in [-0.39, 0.29) is 23.5 Å². The van der Waals surface area contributed by atoms with Crippen LogP contribution < -0.4 is 0 Å². The largest absolute Gasteiger partial charge is 0.465 e. The van der Waals surface area contributed by atoms with Gasteiger partial charge in [-0.1, -0.05) is 23.2 Å². The number of alkyl halides is 2. The first-order valence-corrected chi connectivity index (χ1v) is 6.37. The minimum atomic E-state index is -3.43. The first kappa shape index (κ1) is 15.2. The molecule has 1 fully saturated rings. The van der Waals surface area contributed by atoms with Crippen LogP contribution in [-0.4, -0.2) is 46.9 Å². The fraction of sp³-hybridized carbons (Fsp3) is 0.455. The van der Waals surface area contributed by atoms with E-state index in [4.69, 9.17) is 33.0 Å². The Morgan fingerprint density at radius 1 is 1.45 bits per heavy atom. The molecule has 1 saturated heterocycles. The second kappa shape index (κ2) is 5.67. The Bertz CT molecular complexity index is 510. The normalized spacial score (nSPS) is 20.0. The van der Waals surface area contributed by atoms with Gasteiger partial charge in [-0.25, -0.2) is 9.78 Å². The number of hydrogen-bond donors (Lipinski definition) is 1. The molecule has 20 heavy (non-hydrogen) atoms. The van der Waals surface area contributed by atoms with Crippen molar-refractivity contribution in [1.29, 1.82) is 0 Å². The molecule has 0 aliphatic carbocycles. The predicted molar refractivity (Wildman–Crippen MR) is 67.5 cm³/mol. The van der Waals surface area contributed by atoms with Gasteiger partial charge in [-0.05, 0) is 12.1 Å². The summed E-state index contributed by atoms with van der Waals surface area (Å²) in [5.74, 6) is -3.43. The standard InChI is InChI=1S/C11H10Cl2F2N2O3/c12-8-3-6(4-9(13)16-8)11(14,15)7-5-17(10(18)19)1-2-20-7/h3-4,7H,1-2,5H2,(H,18,19)/t7-/m1/s1. The van der Waals surface area contributed by atoms with E-state index in [0.717, 1.165) is 17.0 Å². The van der Waals surface area contributed by atoms with E-state index in [1.807, 2.05) is 0 Å². The zero-order valence-electron chi connectivity index (χ0n) is 10.0. The van der Waals surface area contributed by atoms with E-state index >= 15 is 0 Å². The summed E-state index contributed by atoms with van der Waals surface area (Å²) >= 11 is 11.2. The Balaban J connectivity index is 2.26. The summed E-state index contributed by atoms with van der Waals surface area (Å²) in [7, 11) is 0. The van der Waals surface area contributed by atoms with Crippen molar-refractivity contribution in [3.05, 3.63) is 28.0 Å². The third-order valence-corrected chi connectivity index (χ3v) is 3.28. The lowest BCUT2D eigenvalue weighted by Gasteiger charge is -2.35. The number of amides is 1. The van der Waals surface area contributed by atoms with Gasteiger partial charge < -0.3 is 14.7 Å². The van der Waals surface area contributed by atoms with Crippen LogP contribution in [0.5, 0.6) is 0 Å². The number of carbonyl (C=O) groups is 1. The molecule has 5 nitrogen and oxygen atoms in total. The number of pyridine rings is 1. The SMILES string of the molecule is O=C(O)N1CCO[C@@H](C(F)(F)c2cc(Cl)nc(Cl)c2)C1. The third-order valence-electron chi connectivity index (χ3n) is 2.89. The average Bonchev–Trinajstić information content (AvgIpc) is 2.37. The van der Waals surface area contributed by atoms with Crippen molar-refractivity contribution >= 4 is 29.3 Å². The molecule has 110 valence electrons. The molecule has 1 aromatic heterocycles. The van der Waals surface area contributed by atoms with Crippen LogP contribution >= 0.6 is 23.2 Å². The second-order valence-electron chi connectivity index (χ2n) is 4.21. The lowest BCUT2D eigenvalue weighted by molar-refractivity contribution is -0.168. The lowest BCUT2D eigenvalue weighted by Crippen LogP contribution is -2.51. The quantitative estimate of drug-likeness (QED) is 0.849. The molecule has 0 unspecified atom stereocenters. The van der Waals surface area contributed by atoms with Gasteiger partial charge >= 0.3 is 12.0 Å². The van der Waals surface area contributed by atoms with E-state index in [1.165, 1.54) is 0 Å². The Labute approximate surface area is 123 Å². The number of nitrogens with zero attached hydrogens (tertiary/aromatic N) is 2. The van der Waals surface area contributed by atoms with E-state index < -0.39 is 30.2 Å². The number of morpholine rings is 1. The summed E-state index contributed by atoms with van der Waals surface area (Å²) in [6.45, 7) is -0.473. The maximum absolute atomic E-state index is 14.3. The molecule has 0 radical (unpaired) electrons. The van der Waals surface area contributed by atoms with Crippen LogP contribution in [-0.2, 0) is 10.7 Å². The Morgan fingerprint density at radius 3 is 2.60 bits per heavy atom. The van der Waals surface area contributed by atoms with Crippen LogP contribution in [0.15, 0.2) is 12.1 Å². The molecule has 0 spiro atoms. The summed E-state index contributed by atoms with van der Waals surface area (Å²) in [5.41, 5.74) is -0.459. The Kier molecular flexibility index (Phi) is 4.31. The minimum Gasteiger partial charge on any atom is -0.465 e. The molecular formula is C11H10Cl2F2N2O3. The molecule has 0 aromatic carbocycles. The van der Waals surface area contributed by atoms with Gasteiger partial charge in [0, 0.05) is 12.1 Å². The van der Waals surface area contributed by atoms with Gasteiger partial charge in [0.05, 0.1) is 13.2 Å². The summed E-state index contributed by atoms with van der Waals surface area (Å²) in [6.07, 6.45) is -2.86. The second-order valence-corrected chi connectivity index (χ2v) is 4.99. The van der Waals surface area contributed by atoms with Gasteiger partial charge in [-0.3, -0.25) is 0 Å². The van der Waals surface area contributed by atoms with Crippen molar-refractivity contribution in [2.75, 3.05) is 19.7 Å². The molecular weight excluding hydrogens is 317 g/mol. The highest BCUT2D eigenvalue weighted by Gasteiger charge is 2.46. The summed E-state index contributed by atoms with van der Waals surface area (Å²) in [6, 6.07) is 1.97. The fourth-order valence-electron chi connectivity index (χ4n) is 1.89. The molecule has 1 atom stereocenters. The fourth-order valence-corrected chi connectivity index (χ4v) is 2.35.